The first-order valence-electron chi connectivity index (χ1n) is 10.8. The van der Waals surface area contributed by atoms with E-state index in [4.69, 9.17) is 0 Å². The summed E-state index contributed by atoms with van der Waals surface area (Å²) in [6.45, 7) is 0.0498. The van der Waals surface area contributed by atoms with Crippen molar-refractivity contribution in [3.05, 3.63) is 95.6 Å². The fourth-order valence-corrected chi connectivity index (χ4v) is 5.01. The average Bonchev–Trinajstić information content (AvgIpc) is 2.81. The molecule has 0 aliphatic carbocycles. The largest absolute Gasteiger partial charge is 0.394 e. The lowest BCUT2D eigenvalue weighted by Gasteiger charge is -2.58. The van der Waals surface area contributed by atoms with E-state index in [-0.39, 0.29) is 48.8 Å². The van der Waals surface area contributed by atoms with Crippen molar-refractivity contribution in [3.8, 4) is 11.1 Å². The fraction of sp³-hybridized carbons (Fsp3) is 0.231. The van der Waals surface area contributed by atoms with Crippen LogP contribution in [0.5, 0.6) is 0 Å². The van der Waals surface area contributed by atoms with Crippen LogP contribution in [0.3, 0.4) is 0 Å². The first-order chi connectivity index (χ1) is 16.0. The van der Waals surface area contributed by atoms with Crippen molar-refractivity contribution < 1.29 is 23.5 Å². The van der Waals surface area contributed by atoms with Gasteiger partial charge in [0.15, 0.2) is 0 Å². The summed E-state index contributed by atoms with van der Waals surface area (Å²) in [5, 5.41) is 9.96. The predicted octanol–water partition coefficient (Wildman–Crippen LogP) is 3.44. The Morgan fingerprint density at radius 3 is 2.33 bits per heavy atom. The molecule has 5 rings (SSSR count). The number of hydrogen-bond acceptors (Lipinski definition) is 3. The second-order valence-electron chi connectivity index (χ2n) is 8.44. The summed E-state index contributed by atoms with van der Waals surface area (Å²) in [5.74, 6) is -1.45. The third-order valence-corrected chi connectivity index (χ3v) is 6.61. The molecule has 1 N–H and O–H groups in total. The topological polar surface area (TPSA) is 60.9 Å². The molecular weight excluding hydrogens is 426 g/mol. The molecule has 0 unspecified atom stereocenters. The van der Waals surface area contributed by atoms with E-state index in [9.17, 15) is 23.5 Å². The minimum atomic E-state index is -0.434. The maximum atomic E-state index is 14.1. The van der Waals surface area contributed by atoms with Crippen LogP contribution in [0.25, 0.3) is 11.1 Å². The van der Waals surface area contributed by atoms with Crippen molar-refractivity contribution in [2.24, 2.45) is 0 Å². The summed E-state index contributed by atoms with van der Waals surface area (Å²) in [5.41, 5.74) is 2.48. The number of piperazine rings is 1. The van der Waals surface area contributed by atoms with Gasteiger partial charge in [-0.25, -0.2) is 8.78 Å². The van der Waals surface area contributed by atoms with Crippen LogP contribution in [0.15, 0.2) is 72.8 Å². The third kappa shape index (κ3) is 3.68. The summed E-state index contributed by atoms with van der Waals surface area (Å²) in [7, 11) is 0. The van der Waals surface area contributed by atoms with Gasteiger partial charge in [-0.3, -0.25) is 9.59 Å². The van der Waals surface area contributed by atoms with Crippen LogP contribution in [0.4, 0.5) is 8.78 Å². The maximum Gasteiger partial charge on any atom is 0.254 e. The molecule has 7 heteroatoms. The highest BCUT2D eigenvalue weighted by Crippen LogP contribution is 2.43. The maximum absolute atomic E-state index is 14.1. The number of nitrogens with zero attached hydrogens (tertiary/aromatic N) is 2. The van der Waals surface area contributed by atoms with Gasteiger partial charge in [-0.15, -0.1) is 0 Å². The molecule has 3 aromatic carbocycles. The zero-order valence-electron chi connectivity index (χ0n) is 17.7. The van der Waals surface area contributed by atoms with E-state index in [1.807, 2.05) is 24.3 Å². The number of rotatable bonds is 4. The molecule has 2 aliphatic heterocycles. The molecule has 2 fully saturated rings. The van der Waals surface area contributed by atoms with E-state index in [1.54, 1.807) is 23.1 Å². The van der Waals surface area contributed by atoms with Gasteiger partial charge in [0.25, 0.3) is 5.91 Å². The summed E-state index contributed by atoms with van der Waals surface area (Å²) in [6.07, 6.45) is 0. The van der Waals surface area contributed by atoms with E-state index in [0.717, 1.165) is 11.1 Å². The van der Waals surface area contributed by atoms with Gasteiger partial charge < -0.3 is 14.9 Å². The summed E-state index contributed by atoms with van der Waals surface area (Å²) < 4.78 is 27.4. The average molecular weight is 448 g/mol. The Morgan fingerprint density at radius 2 is 1.67 bits per heavy atom. The second kappa shape index (κ2) is 8.41. The lowest BCUT2D eigenvalue weighted by molar-refractivity contribution is -0.159. The Hall–Kier alpha value is -3.58. The number of carbonyl (C=O) groups is 2. The zero-order chi connectivity index (χ0) is 23.1. The van der Waals surface area contributed by atoms with Crippen LogP contribution < -0.4 is 0 Å². The molecular formula is C26H22F2N2O3. The molecule has 2 amide bonds. The van der Waals surface area contributed by atoms with Crippen LogP contribution in [0.2, 0.25) is 0 Å². The molecule has 0 bridgehead atoms. The first-order valence-corrected chi connectivity index (χ1v) is 10.8. The number of aliphatic hydroxyl groups is 1. The fourth-order valence-electron chi connectivity index (χ4n) is 5.01. The van der Waals surface area contributed by atoms with Crippen molar-refractivity contribution >= 4 is 11.8 Å². The Morgan fingerprint density at radius 1 is 0.970 bits per heavy atom. The lowest BCUT2D eigenvalue weighted by atomic mass is 9.73. The molecule has 5 nitrogen and oxygen atoms in total. The van der Waals surface area contributed by atoms with Gasteiger partial charge in [-0.2, -0.15) is 0 Å². The molecule has 0 radical (unpaired) electrons. The van der Waals surface area contributed by atoms with Gasteiger partial charge in [0.2, 0.25) is 5.91 Å². The van der Waals surface area contributed by atoms with Crippen LogP contribution >= 0.6 is 0 Å². The van der Waals surface area contributed by atoms with Crippen LogP contribution in [-0.2, 0) is 4.79 Å². The van der Waals surface area contributed by atoms with Crippen LogP contribution in [0.1, 0.15) is 21.8 Å². The standard InChI is InChI=1S/C26H22F2N2O3/c27-19-11-9-18(10-12-19)26(33)29-13-22-25(23(15-31)30(22)24(32)14-29)17-7-5-16(6-8-17)20-3-1-2-4-21(20)28/h1-12,22-23,25,31H,13-15H2/t22-,23-,25+/m0/s1. The number of fused-ring (bicyclic) bond motifs is 1. The lowest BCUT2D eigenvalue weighted by Crippen LogP contribution is -2.73. The van der Waals surface area contributed by atoms with E-state index in [1.165, 1.54) is 35.2 Å². The molecule has 0 saturated carbocycles. The van der Waals surface area contributed by atoms with Gasteiger partial charge in [-0.1, -0.05) is 42.5 Å². The van der Waals surface area contributed by atoms with Gasteiger partial charge in [-0.05, 0) is 41.5 Å². The smallest absolute Gasteiger partial charge is 0.254 e. The van der Waals surface area contributed by atoms with Crippen molar-refractivity contribution in [1.82, 2.24) is 9.80 Å². The Bertz CT molecular complexity index is 1200. The van der Waals surface area contributed by atoms with Crippen molar-refractivity contribution in [3.63, 3.8) is 0 Å². The number of halogens is 2. The van der Waals surface area contributed by atoms with E-state index in [0.29, 0.717) is 17.7 Å². The van der Waals surface area contributed by atoms with Gasteiger partial charge in [0, 0.05) is 23.6 Å². The molecule has 0 aromatic heterocycles. The Balaban J connectivity index is 1.39. The minimum Gasteiger partial charge on any atom is -0.394 e. The normalized spacial score (nSPS) is 22.0. The summed E-state index contributed by atoms with van der Waals surface area (Å²) in [4.78, 5) is 28.8. The molecule has 2 aliphatic rings. The number of hydrogen-bond donors (Lipinski definition) is 1. The number of carbonyl (C=O) groups excluding carboxylic acids is 2. The van der Waals surface area contributed by atoms with Crippen molar-refractivity contribution in [1.29, 1.82) is 0 Å². The monoisotopic (exact) mass is 448 g/mol. The highest BCUT2D eigenvalue weighted by atomic mass is 19.1. The molecule has 3 aromatic rings. The SMILES string of the molecule is O=C(c1ccc(F)cc1)N1CC(=O)N2[C@@H](CO)[C@H](c3ccc(-c4ccccc4F)cc3)[C@@H]2C1. The molecule has 2 saturated heterocycles. The predicted molar refractivity (Wildman–Crippen MR) is 118 cm³/mol. The molecule has 2 heterocycles. The van der Waals surface area contributed by atoms with E-state index >= 15 is 0 Å². The molecule has 33 heavy (non-hydrogen) atoms. The van der Waals surface area contributed by atoms with Gasteiger partial charge in [0.1, 0.15) is 18.2 Å². The summed E-state index contributed by atoms with van der Waals surface area (Å²) in [6, 6.07) is 18.6. The molecule has 168 valence electrons. The number of amides is 2. The molecule has 3 atom stereocenters. The number of benzene rings is 3. The quantitative estimate of drug-likeness (QED) is 0.665. The van der Waals surface area contributed by atoms with Crippen molar-refractivity contribution in [2.75, 3.05) is 19.7 Å². The highest BCUT2D eigenvalue weighted by molar-refractivity contribution is 5.97. The van der Waals surface area contributed by atoms with Gasteiger partial charge in [0.05, 0.1) is 18.7 Å². The van der Waals surface area contributed by atoms with Crippen molar-refractivity contribution in [2.45, 2.75) is 18.0 Å². The van der Waals surface area contributed by atoms with E-state index in [2.05, 4.69) is 0 Å². The highest BCUT2D eigenvalue weighted by Gasteiger charge is 2.54. The Labute approximate surface area is 189 Å². The first kappa shape index (κ1) is 21.3. The second-order valence-corrected chi connectivity index (χ2v) is 8.44. The van der Waals surface area contributed by atoms with Crippen LogP contribution in [0, 0.1) is 11.6 Å². The Kier molecular flexibility index (Phi) is 5.42. The van der Waals surface area contributed by atoms with E-state index < -0.39 is 5.82 Å². The van der Waals surface area contributed by atoms with Crippen LogP contribution in [-0.4, -0.2) is 58.5 Å². The number of aliphatic hydroxyl groups excluding tert-OH is 1. The molecule has 0 spiro atoms. The third-order valence-electron chi connectivity index (χ3n) is 6.61. The van der Waals surface area contributed by atoms with Gasteiger partial charge >= 0.3 is 0 Å². The zero-order valence-corrected chi connectivity index (χ0v) is 17.7. The summed E-state index contributed by atoms with van der Waals surface area (Å²) >= 11 is 0. The minimum absolute atomic E-state index is 0.0812.